The maximum Gasteiger partial charge on any atom is 0.309 e. The van der Waals surface area contributed by atoms with Gasteiger partial charge in [0.15, 0.2) is 0 Å². The summed E-state index contributed by atoms with van der Waals surface area (Å²) in [6.45, 7) is 3.98. The van der Waals surface area contributed by atoms with Crippen LogP contribution >= 0.6 is 11.6 Å². The molecule has 98 valence electrons. The van der Waals surface area contributed by atoms with Gasteiger partial charge in [-0.1, -0.05) is 0 Å². The lowest BCUT2D eigenvalue weighted by molar-refractivity contribution is -0.136. The number of carboxylic acid groups (broad SMARTS) is 1. The SMILES string of the molecule is C[C@H]1COCCN1c1cc(CC(=O)O)nc(Cl)n1. The molecule has 0 saturated carbocycles. The molecule has 0 unspecified atom stereocenters. The van der Waals surface area contributed by atoms with Crippen molar-refractivity contribution in [2.75, 3.05) is 24.7 Å². The van der Waals surface area contributed by atoms with Crippen LogP contribution in [0.2, 0.25) is 5.28 Å². The second-order valence-corrected chi connectivity index (χ2v) is 4.51. The summed E-state index contributed by atoms with van der Waals surface area (Å²) < 4.78 is 5.35. The summed E-state index contributed by atoms with van der Waals surface area (Å²) in [4.78, 5) is 20.8. The average Bonchev–Trinajstić information content (AvgIpc) is 2.27. The number of hydrogen-bond donors (Lipinski definition) is 1. The first-order chi connectivity index (χ1) is 8.56. The summed E-state index contributed by atoms with van der Waals surface area (Å²) in [5, 5.41) is 8.85. The number of carboxylic acids is 1. The molecule has 6 nitrogen and oxygen atoms in total. The normalized spacial score (nSPS) is 19.9. The lowest BCUT2D eigenvalue weighted by atomic mass is 10.2. The van der Waals surface area contributed by atoms with E-state index in [0.29, 0.717) is 31.3 Å². The average molecular weight is 272 g/mol. The summed E-state index contributed by atoms with van der Waals surface area (Å²) in [6, 6.07) is 1.85. The summed E-state index contributed by atoms with van der Waals surface area (Å²) in [5.74, 6) is -0.284. The number of aliphatic carboxylic acids is 1. The van der Waals surface area contributed by atoms with E-state index in [0.717, 1.165) is 0 Å². The van der Waals surface area contributed by atoms with E-state index in [-0.39, 0.29) is 17.7 Å². The maximum absolute atomic E-state index is 10.7. The second kappa shape index (κ2) is 5.49. The molecule has 1 N–H and O–H groups in total. The highest BCUT2D eigenvalue weighted by Gasteiger charge is 2.21. The molecule has 0 amide bonds. The smallest absolute Gasteiger partial charge is 0.309 e. The van der Waals surface area contributed by atoms with Gasteiger partial charge in [0.05, 0.1) is 31.4 Å². The molecule has 1 aliphatic rings. The molecule has 0 bridgehead atoms. The quantitative estimate of drug-likeness (QED) is 0.826. The molecule has 0 aromatic carbocycles. The first-order valence-corrected chi connectivity index (χ1v) is 6.03. The van der Waals surface area contributed by atoms with Crippen molar-refractivity contribution in [3.63, 3.8) is 0 Å². The Labute approximate surface area is 110 Å². The van der Waals surface area contributed by atoms with Crippen molar-refractivity contribution in [1.29, 1.82) is 0 Å². The zero-order valence-electron chi connectivity index (χ0n) is 9.97. The highest BCUT2D eigenvalue weighted by Crippen LogP contribution is 2.20. The van der Waals surface area contributed by atoms with Crippen molar-refractivity contribution in [1.82, 2.24) is 9.97 Å². The molecule has 1 fully saturated rings. The van der Waals surface area contributed by atoms with Gasteiger partial charge in [-0.3, -0.25) is 4.79 Å². The van der Waals surface area contributed by atoms with Crippen molar-refractivity contribution < 1.29 is 14.6 Å². The Morgan fingerprint density at radius 3 is 3.11 bits per heavy atom. The number of ether oxygens (including phenoxy) is 1. The molecule has 7 heteroatoms. The molecule has 18 heavy (non-hydrogen) atoms. The third kappa shape index (κ3) is 3.08. The zero-order chi connectivity index (χ0) is 13.1. The molecule has 1 atom stereocenters. The van der Waals surface area contributed by atoms with Crippen LogP contribution in [0.4, 0.5) is 5.82 Å². The number of morpholine rings is 1. The van der Waals surface area contributed by atoms with Crippen molar-refractivity contribution in [3.05, 3.63) is 17.0 Å². The standard InChI is InChI=1S/C11H14ClN3O3/c1-7-6-18-3-2-15(7)9-4-8(5-10(16)17)13-11(12)14-9/h4,7H,2-3,5-6H2,1H3,(H,16,17)/t7-/m0/s1. The molecule has 0 spiro atoms. The van der Waals surface area contributed by atoms with Gasteiger partial charge in [-0.25, -0.2) is 9.97 Å². The Kier molecular flexibility index (Phi) is 3.98. The predicted octanol–water partition coefficient (Wildman–Crippen LogP) is 0.982. The van der Waals surface area contributed by atoms with E-state index in [1.54, 1.807) is 6.07 Å². The van der Waals surface area contributed by atoms with E-state index in [9.17, 15) is 4.79 Å². The van der Waals surface area contributed by atoms with Crippen LogP contribution in [0.25, 0.3) is 0 Å². The van der Waals surface area contributed by atoms with E-state index >= 15 is 0 Å². The van der Waals surface area contributed by atoms with Gasteiger partial charge >= 0.3 is 5.97 Å². The fourth-order valence-electron chi connectivity index (χ4n) is 1.91. The van der Waals surface area contributed by atoms with E-state index in [2.05, 4.69) is 9.97 Å². The van der Waals surface area contributed by atoms with Crippen LogP contribution in [-0.2, 0) is 16.0 Å². The fourth-order valence-corrected chi connectivity index (χ4v) is 2.11. The van der Waals surface area contributed by atoms with Crippen LogP contribution in [0.3, 0.4) is 0 Å². The van der Waals surface area contributed by atoms with Crippen molar-refractivity contribution >= 4 is 23.4 Å². The van der Waals surface area contributed by atoms with Crippen LogP contribution < -0.4 is 4.90 Å². The minimum absolute atomic E-state index is 0.0717. The van der Waals surface area contributed by atoms with Crippen LogP contribution in [0, 0.1) is 0 Å². The van der Waals surface area contributed by atoms with Gasteiger partial charge in [0, 0.05) is 12.6 Å². The van der Waals surface area contributed by atoms with E-state index in [1.807, 2.05) is 11.8 Å². The topological polar surface area (TPSA) is 75.5 Å². The number of aromatic nitrogens is 2. The lowest BCUT2D eigenvalue weighted by Crippen LogP contribution is -2.44. The monoisotopic (exact) mass is 271 g/mol. The molecule has 1 aliphatic heterocycles. The van der Waals surface area contributed by atoms with Crippen molar-refractivity contribution in [2.24, 2.45) is 0 Å². The first-order valence-electron chi connectivity index (χ1n) is 5.66. The van der Waals surface area contributed by atoms with Gasteiger partial charge in [0.25, 0.3) is 0 Å². The van der Waals surface area contributed by atoms with E-state index < -0.39 is 5.97 Å². The molecule has 0 aliphatic carbocycles. The highest BCUT2D eigenvalue weighted by atomic mass is 35.5. The Hall–Kier alpha value is -1.40. The molecule has 1 aromatic rings. The van der Waals surface area contributed by atoms with Crippen molar-refractivity contribution in [2.45, 2.75) is 19.4 Å². The minimum Gasteiger partial charge on any atom is -0.481 e. The third-order valence-corrected chi connectivity index (χ3v) is 2.90. The number of halogens is 1. The Morgan fingerprint density at radius 1 is 1.67 bits per heavy atom. The second-order valence-electron chi connectivity index (χ2n) is 4.17. The molecule has 2 heterocycles. The third-order valence-electron chi connectivity index (χ3n) is 2.73. The number of nitrogens with zero attached hydrogens (tertiary/aromatic N) is 3. The number of hydrogen-bond acceptors (Lipinski definition) is 5. The largest absolute Gasteiger partial charge is 0.481 e. The molecule has 2 rings (SSSR count). The van der Waals surface area contributed by atoms with Crippen molar-refractivity contribution in [3.8, 4) is 0 Å². The van der Waals surface area contributed by atoms with Gasteiger partial charge in [0.2, 0.25) is 5.28 Å². The van der Waals surface area contributed by atoms with Gasteiger partial charge in [-0.2, -0.15) is 0 Å². The summed E-state index contributed by atoms with van der Waals surface area (Å²) in [6.07, 6.45) is -0.159. The highest BCUT2D eigenvalue weighted by molar-refractivity contribution is 6.28. The van der Waals surface area contributed by atoms with E-state index in [4.69, 9.17) is 21.4 Å². The summed E-state index contributed by atoms with van der Waals surface area (Å²) in [5.41, 5.74) is 0.413. The molecular formula is C11H14ClN3O3. The molecule has 0 radical (unpaired) electrons. The van der Waals surface area contributed by atoms with Crippen LogP contribution in [-0.4, -0.2) is 46.8 Å². The Bertz CT molecular complexity index is 455. The number of rotatable bonds is 3. The lowest BCUT2D eigenvalue weighted by Gasteiger charge is -2.34. The summed E-state index contributed by atoms with van der Waals surface area (Å²) in [7, 11) is 0. The Morgan fingerprint density at radius 2 is 2.44 bits per heavy atom. The van der Waals surface area contributed by atoms with Gasteiger partial charge < -0.3 is 14.7 Å². The van der Waals surface area contributed by atoms with Gasteiger partial charge in [-0.05, 0) is 18.5 Å². The maximum atomic E-state index is 10.7. The summed E-state index contributed by atoms with van der Waals surface area (Å²) >= 11 is 5.83. The van der Waals surface area contributed by atoms with Gasteiger partial charge in [0.1, 0.15) is 5.82 Å². The Balaban J connectivity index is 2.26. The first kappa shape index (κ1) is 13.0. The van der Waals surface area contributed by atoms with Crippen LogP contribution in [0.5, 0.6) is 0 Å². The zero-order valence-corrected chi connectivity index (χ0v) is 10.7. The minimum atomic E-state index is -0.939. The molecule has 1 saturated heterocycles. The molecular weight excluding hydrogens is 258 g/mol. The van der Waals surface area contributed by atoms with Gasteiger partial charge in [-0.15, -0.1) is 0 Å². The van der Waals surface area contributed by atoms with Crippen LogP contribution in [0.1, 0.15) is 12.6 Å². The fraction of sp³-hybridized carbons (Fsp3) is 0.545. The predicted molar refractivity (Wildman–Crippen MR) is 66.0 cm³/mol. The number of anilines is 1. The number of carbonyl (C=O) groups is 1. The molecule has 1 aromatic heterocycles. The van der Waals surface area contributed by atoms with E-state index in [1.165, 1.54) is 0 Å². The van der Waals surface area contributed by atoms with Crippen LogP contribution in [0.15, 0.2) is 6.07 Å².